The Bertz CT molecular complexity index is 898. The number of imidazole rings is 1. The van der Waals surface area contributed by atoms with Crippen LogP contribution < -0.4 is 5.32 Å². The topological polar surface area (TPSA) is 79.7 Å². The summed E-state index contributed by atoms with van der Waals surface area (Å²) in [6.07, 6.45) is 1.55. The number of rotatable bonds is 4. The number of nitrogens with zero attached hydrogens (tertiary/aromatic N) is 4. The Hall–Kier alpha value is -1.94. The van der Waals surface area contributed by atoms with Gasteiger partial charge in [0, 0.05) is 39.5 Å². The van der Waals surface area contributed by atoms with Crippen molar-refractivity contribution in [2.75, 3.05) is 33.8 Å². The van der Waals surface area contributed by atoms with Gasteiger partial charge >= 0.3 is 0 Å². The molecule has 4 heterocycles. The van der Waals surface area contributed by atoms with Crippen LogP contribution >= 0.6 is 22.9 Å². The van der Waals surface area contributed by atoms with Crippen molar-refractivity contribution in [3.8, 4) is 0 Å². The highest BCUT2D eigenvalue weighted by Crippen LogP contribution is 2.23. The van der Waals surface area contributed by atoms with Gasteiger partial charge in [0.1, 0.15) is 11.5 Å². The molecule has 4 rings (SSSR count). The standard InChI is InChI=1S/C18H22ClN5O3S/c1-22-5-6-23-8-12(20-16(23)10-22)18(26)24-7-11(13(9-24)27-2)21-17(25)14-3-4-15(19)28-14/h3-4,8,11,13H,5-7,9-10H2,1-2H3,(H,21,25)/t11?,13-/m0/s1. The van der Waals surface area contributed by atoms with Gasteiger partial charge in [0.25, 0.3) is 11.8 Å². The van der Waals surface area contributed by atoms with Crippen LogP contribution in [0.15, 0.2) is 18.3 Å². The Morgan fingerprint density at radius 3 is 2.86 bits per heavy atom. The summed E-state index contributed by atoms with van der Waals surface area (Å²) in [4.78, 5) is 34.3. The maximum absolute atomic E-state index is 13.0. The summed E-state index contributed by atoms with van der Waals surface area (Å²) in [5.74, 6) is 0.556. The van der Waals surface area contributed by atoms with E-state index in [4.69, 9.17) is 16.3 Å². The molecule has 1 fully saturated rings. The Morgan fingerprint density at radius 2 is 2.14 bits per heavy atom. The number of fused-ring (bicyclic) bond motifs is 1. The normalized spacial score (nSPS) is 22.3. The highest BCUT2D eigenvalue weighted by molar-refractivity contribution is 7.18. The van der Waals surface area contributed by atoms with E-state index in [-0.39, 0.29) is 24.0 Å². The van der Waals surface area contributed by atoms with Gasteiger partial charge < -0.3 is 19.5 Å². The molecular formula is C18H22ClN5O3S. The molecule has 10 heteroatoms. The third kappa shape index (κ3) is 3.80. The first kappa shape index (κ1) is 19.4. The Morgan fingerprint density at radius 1 is 1.32 bits per heavy atom. The van der Waals surface area contributed by atoms with E-state index >= 15 is 0 Å². The van der Waals surface area contributed by atoms with E-state index in [0.717, 1.165) is 25.5 Å². The lowest BCUT2D eigenvalue weighted by Crippen LogP contribution is -2.43. The van der Waals surface area contributed by atoms with Gasteiger partial charge in [-0.1, -0.05) is 11.6 Å². The summed E-state index contributed by atoms with van der Waals surface area (Å²) in [6.45, 7) is 3.29. The highest BCUT2D eigenvalue weighted by atomic mass is 35.5. The van der Waals surface area contributed by atoms with Crippen molar-refractivity contribution in [3.63, 3.8) is 0 Å². The van der Waals surface area contributed by atoms with E-state index in [2.05, 4.69) is 15.2 Å². The number of carbonyl (C=O) groups excluding carboxylic acids is 2. The maximum Gasteiger partial charge on any atom is 0.274 e. The van der Waals surface area contributed by atoms with Gasteiger partial charge in [-0.3, -0.25) is 14.5 Å². The lowest BCUT2D eigenvalue weighted by atomic mass is 10.2. The molecule has 2 atom stereocenters. The van der Waals surface area contributed by atoms with Gasteiger partial charge in [0.2, 0.25) is 0 Å². The van der Waals surface area contributed by atoms with Crippen LogP contribution in [0.2, 0.25) is 4.34 Å². The Kier molecular flexibility index (Phi) is 5.42. The van der Waals surface area contributed by atoms with Crippen LogP contribution in [0.25, 0.3) is 0 Å². The largest absolute Gasteiger partial charge is 0.377 e. The SMILES string of the molecule is CO[C@H]1CN(C(=O)c2cn3c(n2)CN(C)CC3)CC1NC(=O)c1ccc(Cl)s1. The molecule has 2 amide bonds. The van der Waals surface area contributed by atoms with E-state index in [1.807, 2.05) is 17.8 Å². The van der Waals surface area contributed by atoms with Crippen molar-refractivity contribution in [1.82, 2.24) is 24.7 Å². The molecule has 0 saturated carbocycles. The fourth-order valence-corrected chi connectivity index (χ4v) is 4.58. The average molecular weight is 424 g/mol. The smallest absolute Gasteiger partial charge is 0.274 e. The Balaban J connectivity index is 1.44. The molecule has 8 nitrogen and oxygen atoms in total. The van der Waals surface area contributed by atoms with Crippen molar-refractivity contribution < 1.29 is 14.3 Å². The minimum Gasteiger partial charge on any atom is -0.377 e. The molecule has 2 aliphatic rings. The Labute approximate surface area is 172 Å². The van der Waals surface area contributed by atoms with Crippen molar-refractivity contribution in [2.45, 2.75) is 25.2 Å². The predicted octanol–water partition coefficient (Wildman–Crippen LogP) is 1.31. The number of halogens is 1. The van der Waals surface area contributed by atoms with E-state index in [1.165, 1.54) is 11.3 Å². The fourth-order valence-electron chi connectivity index (χ4n) is 3.63. The zero-order chi connectivity index (χ0) is 19.8. The summed E-state index contributed by atoms with van der Waals surface area (Å²) >= 11 is 7.13. The second-order valence-electron chi connectivity index (χ2n) is 7.14. The van der Waals surface area contributed by atoms with Crippen molar-refractivity contribution in [3.05, 3.63) is 39.1 Å². The van der Waals surface area contributed by atoms with Gasteiger partial charge in [0.15, 0.2) is 0 Å². The molecule has 1 N–H and O–H groups in total. The van der Waals surface area contributed by atoms with Gasteiger partial charge in [-0.05, 0) is 19.2 Å². The summed E-state index contributed by atoms with van der Waals surface area (Å²) in [5.41, 5.74) is 0.442. The molecule has 0 radical (unpaired) electrons. The number of thiophene rings is 1. The number of aromatic nitrogens is 2. The van der Waals surface area contributed by atoms with Crippen LogP contribution in [0.5, 0.6) is 0 Å². The number of likely N-dealkylation sites (N-methyl/N-ethyl adjacent to an activating group) is 1. The molecular weight excluding hydrogens is 402 g/mol. The number of nitrogens with one attached hydrogen (secondary N) is 1. The maximum atomic E-state index is 13.0. The fraction of sp³-hybridized carbons (Fsp3) is 0.500. The molecule has 1 unspecified atom stereocenters. The molecule has 150 valence electrons. The van der Waals surface area contributed by atoms with Crippen LogP contribution in [0, 0.1) is 0 Å². The molecule has 2 aromatic rings. The molecule has 0 bridgehead atoms. The monoisotopic (exact) mass is 423 g/mol. The second kappa shape index (κ2) is 7.82. The zero-order valence-corrected chi connectivity index (χ0v) is 17.3. The minimum absolute atomic E-state index is 0.137. The quantitative estimate of drug-likeness (QED) is 0.802. The molecule has 0 aromatic carbocycles. The number of hydrogen-bond donors (Lipinski definition) is 1. The van der Waals surface area contributed by atoms with E-state index in [9.17, 15) is 9.59 Å². The first-order valence-electron chi connectivity index (χ1n) is 9.07. The average Bonchev–Trinajstić information content (AvgIpc) is 3.38. The predicted molar refractivity (Wildman–Crippen MR) is 106 cm³/mol. The highest BCUT2D eigenvalue weighted by Gasteiger charge is 2.38. The first-order valence-corrected chi connectivity index (χ1v) is 10.3. The first-order chi connectivity index (χ1) is 13.4. The van der Waals surface area contributed by atoms with Crippen molar-refractivity contribution in [2.24, 2.45) is 0 Å². The van der Waals surface area contributed by atoms with E-state index in [0.29, 0.717) is 28.0 Å². The molecule has 2 aromatic heterocycles. The summed E-state index contributed by atoms with van der Waals surface area (Å²) in [7, 11) is 3.63. The lowest BCUT2D eigenvalue weighted by Gasteiger charge is -2.22. The zero-order valence-electron chi connectivity index (χ0n) is 15.7. The molecule has 28 heavy (non-hydrogen) atoms. The van der Waals surface area contributed by atoms with Gasteiger partial charge in [-0.25, -0.2) is 4.98 Å². The number of amides is 2. The van der Waals surface area contributed by atoms with Gasteiger partial charge in [-0.15, -0.1) is 11.3 Å². The second-order valence-corrected chi connectivity index (χ2v) is 8.86. The summed E-state index contributed by atoms with van der Waals surface area (Å²) in [5, 5.41) is 2.96. The third-order valence-electron chi connectivity index (χ3n) is 5.18. The number of ether oxygens (including phenoxy) is 1. The van der Waals surface area contributed by atoms with Crippen LogP contribution in [0.3, 0.4) is 0 Å². The summed E-state index contributed by atoms with van der Waals surface area (Å²) < 4.78 is 8.11. The van der Waals surface area contributed by atoms with Crippen LogP contribution in [0.1, 0.15) is 26.0 Å². The van der Waals surface area contributed by atoms with Gasteiger partial charge in [0.05, 0.1) is 27.9 Å². The number of likely N-dealkylation sites (tertiary alicyclic amines) is 1. The third-order valence-corrected chi connectivity index (χ3v) is 6.41. The molecule has 2 aliphatic heterocycles. The molecule has 0 aliphatic carbocycles. The van der Waals surface area contributed by atoms with Crippen LogP contribution in [-0.4, -0.2) is 77.1 Å². The van der Waals surface area contributed by atoms with Crippen molar-refractivity contribution >= 4 is 34.8 Å². The van der Waals surface area contributed by atoms with Crippen molar-refractivity contribution in [1.29, 1.82) is 0 Å². The lowest BCUT2D eigenvalue weighted by molar-refractivity contribution is 0.0689. The van der Waals surface area contributed by atoms with Gasteiger partial charge in [-0.2, -0.15) is 0 Å². The van der Waals surface area contributed by atoms with Crippen LogP contribution in [0.4, 0.5) is 0 Å². The minimum atomic E-state index is -0.286. The molecule has 1 saturated heterocycles. The summed E-state index contributed by atoms with van der Waals surface area (Å²) in [6, 6.07) is 3.09. The molecule has 0 spiro atoms. The van der Waals surface area contributed by atoms with E-state index in [1.54, 1.807) is 24.1 Å². The number of methoxy groups -OCH3 is 1. The number of hydrogen-bond acceptors (Lipinski definition) is 6. The number of carbonyl (C=O) groups is 2. The van der Waals surface area contributed by atoms with E-state index < -0.39 is 0 Å². The van der Waals surface area contributed by atoms with Crippen LogP contribution in [-0.2, 0) is 17.8 Å².